The van der Waals surface area contributed by atoms with Crippen molar-refractivity contribution < 1.29 is 27.9 Å². The third kappa shape index (κ3) is 4.61. The Hall–Kier alpha value is -2.05. The van der Waals surface area contributed by atoms with Crippen LogP contribution in [0.3, 0.4) is 0 Å². The van der Waals surface area contributed by atoms with Crippen LogP contribution in [0.15, 0.2) is 24.3 Å². The van der Waals surface area contributed by atoms with Crippen molar-refractivity contribution >= 4 is 11.9 Å². The van der Waals surface area contributed by atoms with E-state index in [0.29, 0.717) is 0 Å². The normalized spacial score (nSPS) is 12.8. The minimum Gasteiger partial charge on any atom is -0.481 e. The number of hydrogen-bond donors (Lipinski definition) is 2. The maximum absolute atomic E-state index is 12.5. The summed E-state index contributed by atoms with van der Waals surface area (Å²) in [4.78, 5) is 22.0. The number of carboxylic acids is 1. The van der Waals surface area contributed by atoms with Gasteiger partial charge in [0.05, 0.1) is 6.42 Å². The molecule has 0 radical (unpaired) electrons. The summed E-state index contributed by atoms with van der Waals surface area (Å²) in [5, 5.41) is 10.1. The molecule has 0 saturated carbocycles. The van der Waals surface area contributed by atoms with Gasteiger partial charge in [0.2, 0.25) is 0 Å². The predicted molar refractivity (Wildman–Crippen MR) is 60.7 cm³/mol. The Morgan fingerprint density at radius 2 is 1.79 bits per heavy atom. The van der Waals surface area contributed by atoms with Gasteiger partial charge >= 0.3 is 12.1 Å². The zero-order valence-corrected chi connectivity index (χ0v) is 9.99. The molecule has 0 bridgehead atoms. The van der Waals surface area contributed by atoms with Gasteiger partial charge in [0, 0.05) is 5.56 Å². The van der Waals surface area contributed by atoms with Gasteiger partial charge in [-0.3, -0.25) is 9.59 Å². The van der Waals surface area contributed by atoms with Crippen molar-refractivity contribution in [2.45, 2.75) is 25.6 Å². The van der Waals surface area contributed by atoms with Crippen LogP contribution in [-0.2, 0) is 4.79 Å². The van der Waals surface area contributed by atoms with Gasteiger partial charge < -0.3 is 10.4 Å². The molecule has 0 heterocycles. The van der Waals surface area contributed by atoms with E-state index in [1.165, 1.54) is 12.1 Å². The molecule has 4 nitrogen and oxygen atoms in total. The van der Waals surface area contributed by atoms with Crippen molar-refractivity contribution in [2.24, 2.45) is 0 Å². The number of carboxylic acid groups (broad SMARTS) is 1. The van der Waals surface area contributed by atoms with Gasteiger partial charge in [-0.15, -0.1) is 0 Å². The van der Waals surface area contributed by atoms with E-state index in [1.807, 2.05) is 0 Å². The summed E-state index contributed by atoms with van der Waals surface area (Å²) < 4.78 is 37.6. The highest BCUT2D eigenvalue weighted by atomic mass is 19.4. The van der Waals surface area contributed by atoms with Gasteiger partial charge in [0.15, 0.2) is 0 Å². The van der Waals surface area contributed by atoms with Gasteiger partial charge in [-0.1, -0.05) is 17.7 Å². The summed E-state index contributed by atoms with van der Waals surface area (Å²) in [6, 6.07) is 3.50. The molecule has 0 aliphatic rings. The first-order valence-electron chi connectivity index (χ1n) is 5.36. The van der Waals surface area contributed by atoms with Crippen LogP contribution in [0.2, 0.25) is 0 Å². The van der Waals surface area contributed by atoms with Gasteiger partial charge in [-0.05, 0) is 19.1 Å². The molecule has 0 spiro atoms. The third-order valence-electron chi connectivity index (χ3n) is 2.39. The monoisotopic (exact) mass is 275 g/mol. The molecule has 0 aliphatic heterocycles. The van der Waals surface area contributed by atoms with Crippen LogP contribution in [0.25, 0.3) is 0 Å². The van der Waals surface area contributed by atoms with E-state index in [2.05, 4.69) is 0 Å². The first-order valence-corrected chi connectivity index (χ1v) is 5.36. The first kappa shape index (κ1) is 15.0. The fourth-order valence-corrected chi connectivity index (χ4v) is 1.37. The molecular weight excluding hydrogens is 263 g/mol. The molecule has 1 atom stereocenters. The lowest BCUT2D eigenvalue weighted by Crippen LogP contribution is -2.46. The zero-order valence-electron chi connectivity index (χ0n) is 9.99. The van der Waals surface area contributed by atoms with Crippen molar-refractivity contribution in [2.75, 3.05) is 0 Å². The van der Waals surface area contributed by atoms with E-state index in [-0.39, 0.29) is 5.56 Å². The number of alkyl halides is 3. The second-order valence-electron chi connectivity index (χ2n) is 4.03. The number of amides is 1. The second-order valence-corrected chi connectivity index (χ2v) is 4.03. The summed E-state index contributed by atoms with van der Waals surface area (Å²) in [5.41, 5.74) is 0.902. The molecule has 1 rings (SSSR count). The van der Waals surface area contributed by atoms with E-state index >= 15 is 0 Å². The van der Waals surface area contributed by atoms with E-state index < -0.39 is 30.5 Å². The number of hydrogen-bond acceptors (Lipinski definition) is 2. The maximum Gasteiger partial charge on any atom is 0.409 e. The molecular formula is C12H12F3NO3. The number of carbonyl (C=O) groups is 2. The minimum atomic E-state index is -4.81. The summed E-state index contributed by atoms with van der Waals surface area (Å²) in [7, 11) is 0. The van der Waals surface area contributed by atoms with Crippen molar-refractivity contribution in [3.8, 4) is 0 Å². The van der Waals surface area contributed by atoms with Crippen molar-refractivity contribution in [1.82, 2.24) is 5.32 Å². The van der Waals surface area contributed by atoms with Crippen molar-refractivity contribution in [3.63, 3.8) is 0 Å². The number of benzene rings is 1. The van der Waals surface area contributed by atoms with Gasteiger partial charge in [-0.2, -0.15) is 13.2 Å². The number of rotatable bonds is 4. The number of halogens is 3. The fourth-order valence-electron chi connectivity index (χ4n) is 1.37. The molecule has 19 heavy (non-hydrogen) atoms. The minimum absolute atomic E-state index is 0.0465. The predicted octanol–water partition coefficient (Wildman–Crippen LogP) is 2.13. The van der Waals surface area contributed by atoms with Crippen LogP contribution in [0.1, 0.15) is 22.3 Å². The smallest absolute Gasteiger partial charge is 0.409 e. The number of aliphatic carboxylic acids is 1. The SMILES string of the molecule is Cc1ccc(C(=O)NC(CC(=O)O)C(F)(F)F)cc1. The lowest BCUT2D eigenvalue weighted by molar-refractivity contribution is -0.165. The van der Waals surface area contributed by atoms with Crippen LogP contribution in [-0.4, -0.2) is 29.2 Å². The lowest BCUT2D eigenvalue weighted by Gasteiger charge is -2.20. The average Bonchev–Trinajstić information content (AvgIpc) is 2.27. The highest BCUT2D eigenvalue weighted by molar-refractivity contribution is 5.94. The zero-order chi connectivity index (χ0) is 14.6. The Balaban J connectivity index is 2.81. The first-order chi connectivity index (χ1) is 8.70. The summed E-state index contributed by atoms with van der Waals surface area (Å²) in [5.74, 6) is -2.59. The van der Waals surface area contributed by atoms with Crippen LogP contribution in [0, 0.1) is 6.92 Å². The van der Waals surface area contributed by atoms with Gasteiger partial charge in [0.1, 0.15) is 6.04 Å². The lowest BCUT2D eigenvalue weighted by atomic mass is 10.1. The van der Waals surface area contributed by atoms with E-state index in [4.69, 9.17) is 5.11 Å². The quantitative estimate of drug-likeness (QED) is 0.884. The standard InChI is InChI=1S/C12H12F3NO3/c1-7-2-4-8(5-3-7)11(19)16-9(6-10(17)18)12(13,14)15/h2-5,9H,6H2,1H3,(H,16,19)(H,17,18). The van der Waals surface area contributed by atoms with Crippen LogP contribution in [0.5, 0.6) is 0 Å². The Morgan fingerprint density at radius 1 is 1.26 bits per heavy atom. The van der Waals surface area contributed by atoms with Crippen LogP contribution in [0.4, 0.5) is 13.2 Å². The molecule has 1 aromatic carbocycles. The number of nitrogens with one attached hydrogen (secondary N) is 1. The Labute approximate surface area is 107 Å². The van der Waals surface area contributed by atoms with E-state index in [9.17, 15) is 22.8 Å². The topological polar surface area (TPSA) is 66.4 Å². The molecule has 1 unspecified atom stereocenters. The largest absolute Gasteiger partial charge is 0.481 e. The summed E-state index contributed by atoms with van der Waals surface area (Å²) in [6.07, 6.45) is -6.01. The highest BCUT2D eigenvalue weighted by Gasteiger charge is 2.42. The van der Waals surface area contributed by atoms with Gasteiger partial charge in [-0.25, -0.2) is 0 Å². The molecule has 0 aromatic heterocycles. The van der Waals surface area contributed by atoms with E-state index in [1.54, 1.807) is 24.4 Å². The second kappa shape index (κ2) is 5.73. The average molecular weight is 275 g/mol. The Bertz CT molecular complexity index is 468. The highest BCUT2D eigenvalue weighted by Crippen LogP contribution is 2.23. The van der Waals surface area contributed by atoms with Crippen LogP contribution >= 0.6 is 0 Å². The molecule has 1 aromatic rings. The molecule has 1 amide bonds. The fraction of sp³-hybridized carbons (Fsp3) is 0.333. The maximum atomic E-state index is 12.5. The molecule has 104 valence electrons. The van der Waals surface area contributed by atoms with Crippen molar-refractivity contribution in [3.05, 3.63) is 35.4 Å². The Kier molecular flexibility index (Phi) is 4.52. The van der Waals surface area contributed by atoms with Crippen molar-refractivity contribution in [1.29, 1.82) is 0 Å². The number of carbonyl (C=O) groups excluding carboxylic acids is 1. The van der Waals surface area contributed by atoms with E-state index in [0.717, 1.165) is 5.56 Å². The molecule has 0 aliphatic carbocycles. The molecule has 0 fully saturated rings. The molecule has 2 N–H and O–H groups in total. The molecule has 0 saturated heterocycles. The summed E-state index contributed by atoms with van der Waals surface area (Å²) in [6.45, 7) is 1.77. The number of aryl methyl sites for hydroxylation is 1. The van der Waals surface area contributed by atoms with Gasteiger partial charge in [0.25, 0.3) is 5.91 Å². The third-order valence-corrected chi connectivity index (χ3v) is 2.39. The van der Waals surface area contributed by atoms with Crippen LogP contribution < -0.4 is 5.32 Å². The summed E-state index contributed by atoms with van der Waals surface area (Å²) >= 11 is 0. The molecule has 7 heteroatoms. The Morgan fingerprint density at radius 3 is 2.21 bits per heavy atom.